The fraction of sp³-hybridized carbons (Fsp3) is 0.545. The number of aromatic amines is 1. The monoisotopic (exact) mass is 510 g/mol. The molecule has 0 spiro atoms. The summed E-state index contributed by atoms with van der Waals surface area (Å²) in [6, 6.07) is 11.3. The zero-order valence-electron chi connectivity index (χ0n) is 17.7. The summed E-state index contributed by atoms with van der Waals surface area (Å²) < 4.78 is 0. The minimum atomic E-state index is 0. The van der Waals surface area contributed by atoms with E-state index >= 15 is 0 Å². The Bertz CT molecular complexity index is 722. The van der Waals surface area contributed by atoms with Crippen LogP contribution in [0.25, 0.3) is 0 Å². The van der Waals surface area contributed by atoms with Crippen LogP contribution in [0.3, 0.4) is 0 Å². The molecule has 0 bridgehead atoms. The van der Waals surface area contributed by atoms with Gasteiger partial charge in [0.05, 0.1) is 6.20 Å². The molecule has 1 fully saturated rings. The Kier molecular flexibility index (Phi) is 10.5. The Labute approximate surface area is 192 Å². The van der Waals surface area contributed by atoms with Crippen molar-refractivity contribution in [2.24, 2.45) is 4.99 Å². The van der Waals surface area contributed by atoms with Gasteiger partial charge in [0.15, 0.2) is 5.96 Å². The number of aromatic nitrogens is 2. The number of nitrogens with zero attached hydrogens (tertiary/aromatic N) is 3. The van der Waals surface area contributed by atoms with Crippen molar-refractivity contribution in [3.8, 4) is 0 Å². The Morgan fingerprint density at radius 2 is 2.00 bits per heavy atom. The number of rotatable bonds is 8. The van der Waals surface area contributed by atoms with Crippen LogP contribution in [0.1, 0.15) is 43.0 Å². The van der Waals surface area contributed by atoms with Gasteiger partial charge in [-0.1, -0.05) is 30.3 Å². The number of piperidine rings is 1. The number of aliphatic imine (C=N–C) groups is 1. The van der Waals surface area contributed by atoms with E-state index in [1.165, 1.54) is 11.1 Å². The van der Waals surface area contributed by atoms with E-state index in [1.54, 1.807) is 0 Å². The van der Waals surface area contributed by atoms with Crippen molar-refractivity contribution >= 4 is 29.9 Å². The average molecular weight is 510 g/mol. The van der Waals surface area contributed by atoms with Gasteiger partial charge in [0.2, 0.25) is 0 Å². The smallest absolute Gasteiger partial charge is 0.191 e. The van der Waals surface area contributed by atoms with E-state index in [9.17, 15) is 0 Å². The number of benzene rings is 1. The lowest BCUT2D eigenvalue weighted by molar-refractivity contribution is 0.198. The van der Waals surface area contributed by atoms with Gasteiger partial charge >= 0.3 is 0 Å². The van der Waals surface area contributed by atoms with Gasteiger partial charge < -0.3 is 10.6 Å². The van der Waals surface area contributed by atoms with Crippen molar-refractivity contribution in [3.63, 3.8) is 0 Å². The number of hydrogen-bond acceptors (Lipinski definition) is 3. The van der Waals surface area contributed by atoms with Gasteiger partial charge in [-0.05, 0) is 50.7 Å². The largest absolute Gasteiger partial charge is 0.357 e. The molecule has 0 saturated carbocycles. The van der Waals surface area contributed by atoms with Gasteiger partial charge in [0, 0.05) is 44.5 Å². The summed E-state index contributed by atoms with van der Waals surface area (Å²) in [6.45, 7) is 9.22. The third-order valence-corrected chi connectivity index (χ3v) is 5.33. The first-order valence-corrected chi connectivity index (χ1v) is 10.5. The number of H-pyrrole nitrogens is 1. The molecular formula is C22H35IN6. The first-order chi connectivity index (χ1) is 13.7. The molecule has 7 heteroatoms. The van der Waals surface area contributed by atoms with Crippen molar-refractivity contribution in [2.45, 2.75) is 52.1 Å². The van der Waals surface area contributed by atoms with E-state index in [0.717, 1.165) is 70.1 Å². The molecule has 2 heterocycles. The average Bonchev–Trinajstić information content (AvgIpc) is 3.12. The number of aryl methyl sites for hydroxylation is 2. The lowest BCUT2D eigenvalue weighted by atomic mass is 10.0. The molecule has 0 unspecified atom stereocenters. The number of nitrogens with one attached hydrogen (secondary N) is 3. The summed E-state index contributed by atoms with van der Waals surface area (Å²) >= 11 is 0. The van der Waals surface area contributed by atoms with Crippen LogP contribution < -0.4 is 10.6 Å². The summed E-state index contributed by atoms with van der Waals surface area (Å²) in [5.74, 6) is 0.952. The lowest BCUT2D eigenvalue weighted by Crippen LogP contribution is -2.48. The van der Waals surface area contributed by atoms with Gasteiger partial charge in [0.25, 0.3) is 0 Å². The van der Waals surface area contributed by atoms with Crippen LogP contribution in [0.5, 0.6) is 0 Å². The molecule has 6 nitrogen and oxygen atoms in total. The number of guanidine groups is 1. The van der Waals surface area contributed by atoms with Crippen LogP contribution in [0, 0.1) is 6.92 Å². The fourth-order valence-corrected chi connectivity index (χ4v) is 3.68. The topological polar surface area (TPSA) is 68.3 Å². The SMILES string of the molecule is CCNC(=NCCCc1cn[nH]c1C)NC1CCN(Cc2ccccc2)CC1.I. The Morgan fingerprint density at radius 1 is 1.24 bits per heavy atom. The zero-order valence-corrected chi connectivity index (χ0v) is 20.0. The molecule has 3 rings (SSSR count). The maximum atomic E-state index is 4.77. The van der Waals surface area contributed by atoms with Gasteiger partial charge in [-0.25, -0.2) is 0 Å². The molecule has 0 atom stereocenters. The molecule has 3 N–H and O–H groups in total. The van der Waals surface area contributed by atoms with E-state index in [2.05, 4.69) is 69.9 Å². The summed E-state index contributed by atoms with van der Waals surface area (Å²) in [4.78, 5) is 7.32. The van der Waals surface area contributed by atoms with Crippen LogP contribution >= 0.6 is 24.0 Å². The van der Waals surface area contributed by atoms with Crippen molar-refractivity contribution in [1.29, 1.82) is 0 Å². The summed E-state index contributed by atoms with van der Waals surface area (Å²) in [6.07, 6.45) is 6.29. The molecule has 160 valence electrons. The maximum Gasteiger partial charge on any atom is 0.191 e. The summed E-state index contributed by atoms with van der Waals surface area (Å²) in [7, 11) is 0. The van der Waals surface area contributed by atoms with E-state index < -0.39 is 0 Å². The normalized spacial score (nSPS) is 15.7. The van der Waals surface area contributed by atoms with Crippen molar-refractivity contribution in [3.05, 3.63) is 53.3 Å². The molecule has 1 aliphatic heterocycles. The van der Waals surface area contributed by atoms with Crippen molar-refractivity contribution in [1.82, 2.24) is 25.7 Å². The Morgan fingerprint density at radius 3 is 2.66 bits per heavy atom. The van der Waals surface area contributed by atoms with Crippen LogP contribution in [-0.2, 0) is 13.0 Å². The quantitative estimate of drug-likeness (QED) is 0.220. The minimum Gasteiger partial charge on any atom is -0.357 e. The van der Waals surface area contributed by atoms with Crippen LogP contribution in [-0.4, -0.2) is 53.3 Å². The third-order valence-electron chi connectivity index (χ3n) is 5.33. The van der Waals surface area contributed by atoms with E-state index in [1.807, 2.05) is 6.20 Å². The molecular weight excluding hydrogens is 475 g/mol. The number of halogens is 1. The summed E-state index contributed by atoms with van der Waals surface area (Å²) in [5, 5.41) is 14.1. The minimum absolute atomic E-state index is 0. The molecule has 0 aliphatic carbocycles. The van der Waals surface area contributed by atoms with Crippen LogP contribution in [0.2, 0.25) is 0 Å². The molecule has 1 aliphatic rings. The first kappa shape index (κ1) is 23.7. The van der Waals surface area contributed by atoms with Gasteiger partial charge in [-0.15, -0.1) is 24.0 Å². The number of likely N-dealkylation sites (tertiary alicyclic amines) is 1. The molecule has 0 radical (unpaired) electrons. The molecule has 1 saturated heterocycles. The van der Waals surface area contributed by atoms with Crippen molar-refractivity contribution < 1.29 is 0 Å². The highest BCUT2D eigenvalue weighted by molar-refractivity contribution is 14.0. The predicted molar refractivity (Wildman–Crippen MR) is 131 cm³/mol. The molecule has 2 aromatic rings. The number of hydrogen-bond donors (Lipinski definition) is 3. The Balaban J connectivity index is 0.00000300. The Hall–Kier alpha value is -1.61. The highest BCUT2D eigenvalue weighted by atomic mass is 127. The highest BCUT2D eigenvalue weighted by Crippen LogP contribution is 2.14. The molecule has 1 aromatic carbocycles. The lowest BCUT2D eigenvalue weighted by Gasteiger charge is -2.33. The molecule has 1 aromatic heterocycles. The summed E-state index contributed by atoms with van der Waals surface area (Å²) in [5.41, 5.74) is 3.85. The standard InChI is InChI=1S/C22H34N6.HI/c1-3-23-22(24-13-7-10-20-16-25-27-18(20)2)26-21-11-14-28(15-12-21)17-19-8-5-4-6-9-19;/h4-6,8-9,16,21H,3,7,10-15,17H2,1-2H3,(H,25,27)(H2,23,24,26);1H. The predicted octanol–water partition coefficient (Wildman–Crippen LogP) is 3.49. The zero-order chi connectivity index (χ0) is 19.6. The van der Waals surface area contributed by atoms with Crippen LogP contribution in [0.4, 0.5) is 0 Å². The second-order valence-electron chi connectivity index (χ2n) is 7.56. The van der Waals surface area contributed by atoms with Gasteiger partial charge in [0.1, 0.15) is 0 Å². The first-order valence-electron chi connectivity index (χ1n) is 10.5. The van der Waals surface area contributed by atoms with Crippen molar-refractivity contribution in [2.75, 3.05) is 26.2 Å². The molecule has 0 amide bonds. The second kappa shape index (κ2) is 12.8. The van der Waals surface area contributed by atoms with Gasteiger partial charge in [-0.2, -0.15) is 5.10 Å². The van der Waals surface area contributed by atoms with E-state index in [0.29, 0.717) is 6.04 Å². The molecule has 29 heavy (non-hydrogen) atoms. The van der Waals surface area contributed by atoms with E-state index in [4.69, 9.17) is 4.99 Å². The third kappa shape index (κ3) is 7.97. The van der Waals surface area contributed by atoms with E-state index in [-0.39, 0.29) is 24.0 Å². The maximum absolute atomic E-state index is 4.77. The van der Waals surface area contributed by atoms with Gasteiger partial charge in [-0.3, -0.25) is 15.0 Å². The highest BCUT2D eigenvalue weighted by Gasteiger charge is 2.20. The van der Waals surface area contributed by atoms with Crippen LogP contribution in [0.15, 0.2) is 41.5 Å². The second-order valence-corrected chi connectivity index (χ2v) is 7.56. The fourth-order valence-electron chi connectivity index (χ4n) is 3.68.